The van der Waals surface area contributed by atoms with E-state index in [1.165, 1.54) is 12.3 Å². The van der Waals surface area contributed by atoms with Gasteiger partial charge < -0.3 is 0 Å². The quantitative estimate of drug-likeness (QED) is 0.653. The molecule has 0 atom stereocenters. The Bertz CT molecular complexity index is 763. The summed E-state index contributed by atoms with van der Waals surface area (Å²) in [5.74, 6) is 0. The molecular weight excluding hydrogens is 476 g/mol. The van der Waals surface area contributed by atoms with Gasteiger partial charge in [0.2, 0.25) is 0 Å². The zero-order chi connectivity index (χ0) is 14.9. The van der Waals surface area contributed by atoms with Crippen molar-refractivity contribution < 1.29 is 8.42 Å². The van der Waals surface area contributed by atoms with E-state index in [0.29, 0.717) is 19.2 Å². The van der Waals surface area contributed by atoms with Crippen LogP contribution in [0.2, 0.25) is 0 Å². The molecule has 0 saturated carbocycles. The number of nitrogens with zero attached hydrogens (tertiary/aromatic N) is 1. The average molecular weight is 485 g/mol. The molecule has 0 fully saturated rings. The van der Waals surface area contributed by atoms with Gasteiger partial charge in [0.1, 0.15) is 9.50 Å². The molecule has 20 heavy (non-hydrogen) atoms. The second kappa shape index (κ2) is 6.13. The van der Waals surface area contributed by atoms with Crippen molar-refractivity contribution in [1.29, 1.82) is 0 Å². The molecule has 0 aliphatic carbocycles. The molecule has 1 aromatic carbocycles. The van der Waals surface area contributed by atoms with Gasteiger partial charge in [-0.2, -0.15) is 0 Å². The van der Waals surface area contributed by atoms with Crippen molar-refractivity contribution in [3.8, 4) is 0 Å². The van der Waals surface area contributed by atoms with Gasteiger partial charge in [-0.1, -0.05) is 15.9 Å². The molecule has 2 rings (SSSR count). The van der Waals surface area contributed by atoms with Crippen LogP contribution in [0.4, 0.5) is 5.69 Å². The first kappa shape index (κ1) is 15.9. The van der Waals surface area contributed by atoms with Crippen molar-refractivity contribution in [3.63, 3.8) is 0 Å². The van der Waals surface area contributed by atoms with E-state index in [-0.39, 0.29) is 4.90 Å². The summed E-state index contributed by atoms with van der Waals surface area (Å²) in [6.45, 7) is 1.84. The molecule has 8 heteroatoms. The van der Waals surface area contributed by atoms with E-state index < -0.39 is 10.0 Å². The SMILES string of the molecule is Cc1cc(NS(=O)(=O)c2cc(Br)ccc2Br)cnc1Br. The molecule has 0 amide bonds. The number of hydrogen-bond donors (Lipinski definition) is 1. The van der Waals surface area contributed by atoms with E-state index in [9.17, 15) is 8.42 Å². The Kier molecular flexibility index (Phi) is 4.88. The third-order valence-electron chi connectivity index (χ3n) is 2.45. The number of pyridine rings is 1. The van der Waals surface area contributed by atoms with Crippen molar-refractivity contribution in [2.75, 3.05) is 4.72 Å². The predicted molar refractivity (Wildman–Crippen MR) is 89.3 cm³/mol. The summed E-state index contributed by atoms with van der Waals surface area (Å²) in [7, 11) is -3.68. The van der Waals surface area contributed by atoms with E-state index in [1.807, 2.05) is 6.92 Å². The number of nitrogens with one attached hydrogen (secondary N) is 1. The summed E-state index contributed by atoms with van der Waals surface area (Å²) < 4.78 is 29.1. The monoisotopic (exact) mass is 482 g/mol. The summed E-state index contributed by atoms with van der Waals surface area (Å²) >= 11 is 9.78. The number of hydrogen-bond acceptors (Lipinski definition) is 3. The molecule has 0 saturated heterocycles. The zero-order valence-electron chi connectivity index (χ0n) is 10.2. The third kappa shape index (κ3) is 3.60. The van der Waals surface area contributed by atoms with Crippen LogP contribution in [0.25, 0.3) is 0 Å². The highest BCUT2D eigenvalue weighted by molar-refractivity contribution is 9.11. The van der Waals surface area contributed by atoms with Crippen molar-refractivity contribution in [2.24, 2.45) is 0 Å². The summed E-state index contributed by atoms with van der Waals surface area (Å²) in [5.41, 5.74) is 1.26. The normalized spacial score (nSPS) is 11.4. The van der Waals surface area contributed by atoms with Crippen LogP contribution in [0.5, 0.6) is 0 Å². The highest BCUT2D eigenvalue weighted by atomic mass is 79.9. The molecule has 1 heterocycles. The minimum atomic E-state index is -3.68. The van der Waals surface area contributed by atoms with Gasteiger partial charge in [0, 0.05) is 8.95 Å². The van der Waals surface area contributed by atoms with Gasteiger partial charge in [0.15, 0.2) is 0 Å². The van der Waals surface area contributed by atoms with Gasteiger partial charge in [0.25, 0.3) is 10.0 Å². The Labute approximate surface area is 142 Å². The predicted octanol–water partition coefficient (Wildman–Crippen LogP) is 4.48. The van der Waals surface area contributed by atoms with Crippen LogP contribution in [0.3, 0.4) is 0 Å². The number of rotatable bonds is 3. The summed E-state index contributed by atoms with van der Waals surface area (Å²) in [5, 5.41) is 0. The lowest BCUT2D eigenvalue weighted by Gasteiger charge is -2.10. The van der Waals surface area contributed by atoms with Gasteiger partial charge in [-0.05, 0) is 68.6 Å². The van der Waals surface area contributed by atoms with Crippen molar-refractivity contribution in [2.45, 2.75) is 11.8 Å². The second-order valence-electron chi connectivity index (χ2n) is 4.01. The lowest BCUT2D eigenvalue weighted by atomic mass is 10.3. The van der Waals surface area contributed by atoms with E-state index in [4.69, 9.17) is 0 Å². The molecule has 1 N–H and O–H groups in total. The maximum atomic E-state index is 12.4. The molecule has 4 nitrogen and oxygen atoms in total. The molecule has 0 unspecified atom stereocenters. The highest BCUT2D eigenvalue weighted by Crippen LogP contribution is 2.27. The molecule has 0 aliphatic heterocycles. The highest BCUT2D eigenvalue weighted by Gasteiger charge is 2.18. The van der Waals surface area contributed by atoms with Crippen LogP contribution in [0.15, 0.2) is 48.9 Å². The molecule has 2 aromatic rings. The number of aromatic nitrogens is 1. The number of halogens is 3. The minimum absolute atomic E-state index is 0.160. The lowest BCUT2D eigenvalue weighted by molar-refractivity contribution is 0.600. The molecule has 0 aliphatic rings. The fourth-order valence-corrected chi connectivity index (χ4v) is 4.26. The van der Waals surface area contributed by atoms with Crippen LogP contribution >= 0.6 is 47.8 Å². The van der Waals surface area contributed by atoms with E-state index >= 15 is 0 Å². The number of sulfonamides is 1. The first-order valence-electron chi connectivity index (χ1n) is 5.39. The van der Waals surface area contributed by atoms with Crippen molar-refractivity contribution in [3.05, 3.63) is 49.6 Å². The Morgan fingerprint density at radius 3 is 2.50 bits per heavy atom. The largest absolute Gasteiger partial charge is 0.278 e. The van der Waals surface area contributed by atoms with Crippen LogP contribution in [-0.2, 0) is 10.0 Å². The van der Waals surface area contributed by atoms with Gasteiger partial charge in [-0.25, -0.2) is 13.4 Å². The molecule has 0 radical (unpaired) electrons. The zero-order valence-corrected chi connectivity index (χ0v) is 15.8. The fraction of sp³-hybridized carbons (Fsp3) is 0.0833. The van der Waals surface area contributed by atoms with Gasteiger partial charge >= 0.3 is 0 Å². The third-order valence-corrected chi connectivity index (χ3v) is 6.15. The smallest absolute Gasteiger partial charge is 0.263 e. The summed E-state index contributed by atoms with van der Waals surface area (Å²) in [4.78, 5) is 4.22. The number of benzene rings is 1. The van der Waals surface area contributed by atoms with Crippen LogP contribution in [-0.4, -0.2) is 13.4 Å². The Morgan fingerprint density at radius 1 is 1.15 bits per heavy atom. The minimum Gasteiger partial charge on any atom is -0.278 e. The first-order chi connectivity index (χ1) is 9.29. The molecule has 0 bridgehead atoms. The van der Waals surface area contributed by atoms with Gasteiger partial charge in [0.05, 0.1) is 11.9 Å². The topological polar surface area (TPSA) is 59.1 Å². The Balaban J connectivity index is 2.40. The number of anilines is 1. The van der Waals surface area contributed by atoms with Crippen molar-refractivity contribution >= 4 is 63.5 Å². The maximum absolute atomic E-state index is 12.4. The van der Waals surface area contributed by atoms with Gasteiger partial charge in [-0.15, -0.1) is 0 Å². The standard InChI is InChI=1S/C12H9Br3N2O2S/c1-7-4-9(6-16-12(7)15)17-20(18,19)11-5-8(13)2-3-10(11)14/h2-6,17H,1H3. The molecule has 106 valence electrons. The molecule has 0 spiro atoms. The van der Waals surface area contributed by atoms with Gasteiger partial charge in [-0.3, -0.25) is 4.72 Å². The van der Waals surface area contributed by atoms with Crippen LogP contribution in [0, 0.1) is 6.92 Å². The van der Waals surface area contributed by atoms with Crippen LogP contribution < -0.4 is 4.72 Å². The van der Waals surface area contributed by atoms with E-state index in [1.54, 1.807) is 18.2 Å². The average Bonchev–Trinajstić information content (AvgIpc) is 2.36. The molecular formula is C12H9Br3N2O2S. The molecule has 1 aromatic heterocycles. The van der Waals surface area contributed by atoms with E-state index in [0.717, 1.165) is 5.56 Å². The Morgan fingerprint density at radius 2 is 1.85 bits per heavy atom. The summed E-state index contributed by atoms with van der Waals surface area (Å²) in [6, 6.07) is 6.67. The van der Waals surface area contributed by atoms with Crippen molar-refractivity contribution in [1.82, 2.24) is 4.98 Å². The second-order valence-corrected chi connectivity index (χ2v) is 8.18. The van der Waals surface area contributed by atoms with Crippen LogP contribution in [0.1, 0.15) is 5.56 Å². The summed E-state index contributed by atoms with van der Waals surface area (Å²) in [6.07, 6.45) is 1.46. The Hall–Kier alpha value is -0.440. The van der Waals surface area contributed by atoms with E-state index in [2.05, 4.69) is 57.5 Å². The first-order valence-corrected chi connectivity index (χ1v) is 9.26. The fourth-order valence-electron chi connectivity index (χ4n) is 1.51. The lowest BCUT2D eigenvalue weighted by Crippen LogP contribution is -2.14. The number of aryl methyl sites for hydroxylation is 1. The maximum Gasteiger partial charge on any atom is 0.263 e.